The lowest BCUT2D eigenvalue weighted by Gasteiger charge is -2.33. The van der Waals surface area contributed by atoms with Gasteiger partial charge in [-0.05, 0) is 31.4 Å². The fourth-order valence-electron chi connectivity index (χ4n) is 2.71. The van der Waals surface area contributed by atoms with Crippen LogP contribution in [-0.4, -0.2) is 55.1 Å². The van der Waals surface area contributed by atoms with Crippen LogP contribution in [0.2, 0.25) is 0 Å². The predicted molar refractivity (Wildman–Crippen MR) is 87.4 cm³/mol. The van der Waals surface area contributed by atoms with E-state index in [-0.39, 0.29) is 16.8 Å². The molecule has 0 radical (unpaired) electrons. The minimum absolute atomic E-state index is 0.0861. The highest BCUT2D eigenvalue weighted by molar-refractivity contribution is 7.88. The fraction of sp³-hybridized carbons (Fsp3) is 0.571. The Balaban J connectivity index is 1.87. The van der Waals surface area contributed by atoms with Gasteiger partial charge in [0.1, 0.15) is 4.88 Å². The number of hydrogen-bond donors (Lipinski definition) is 2. The van der Waals surface area contributed by atoms with Crippen molar-refractivity contribution in [3.63, 3.8) is 0 Å². The lowest BCUT2D eigenvalue weighted by atomic mass is 10.0. The maximum absolute atomic E-state index is 12.0. The molecule has 1 saturated heterocycles. The highest BCUT2D eigenvalue weighted by atomic mass is 32.2. The van der Waals surface area contributed by atoms with Crippen LogP contribution in [-0.2, 0) is 10.0 Å². The van der Waals surface area contributed by atoms with Crippen molar-refractivity contribution in [3.05, 3.63) is 21.9 Å². The van der Waals surface area contributed by atoms with E-state index in [1.807, 2.05) is 0 Å². The molecule has 128 valence electrons. The van der Waals surface area contributed by atoms with E-state index in [0.29, 0.717) is 24.4 Å². The number of rotatable bonds is 6. The molecule has 2 rings (SSSR count). The summed E-state index contributed by atoms with van der Waals surface area (Å²) in [5.41, 5.74) is 0. The van der Waals surface area contributed by atoms with E-state index in [0.717, 1.165) is 30.6 Å². The lowest BCUT2D eigenvalue weighted by Crippen LogP contribution is -2.44. The van der Waals surface area contributed by atoms with E-state index in [1.165, 1.54) is 22.7 Å². The van der Waals surface area contributed by atoms with Gasteiger partial charge in [0.25, 0.3) is 5.91 Å². The number of carbonyl (C=O) groups excluding carboxylic acids is 1. The summed E-state index contributed by atoms with van der Waals surface area (Å²) in [5, 5.41) is 11.6. The van der Waals surface area contributed by atoms with E-state index in [1.54, 1.807) is 0 Å². The minimum atomic E-state index is -3.23. The van der Waals surface area contributed by atoms with Crippen molar-refractivity contribution in [3.8, 4) is 0 Å². The van der Waals surface area contributed by atoms with Crippen molar-refractivity contribution in [2.75, 3.05) is 19.3 Å². The third kappa shape index (κ3) is 4.76. The number of nitrogens with zero attached hydrogens (tertiary/aromatic N) is 1. The second-order valence-corrected chi connectivity index (χ2v) is 8.56. The first-order valence-electron chi connectivity index (χ1n) is 7.37. The molecule has 1 aromatic heterocycles. The summed E-state index contributed by atoms with van der Waals surface area (Å²) in [6.07, 6.45) is 4.41. The molecule has 1 aliphatic rings. The second kappa shape index (κ2) is 7.41. The van der Waals surface area contributed by atoms with Gasteiger partial charge in [0.2, 0.25) is 10.0 Å². The van der Waals surface area contributed by atoms with Gasteiger partial charge in [-0.3, -0.25) is 4.79 Å². The lowest BCUT2D eigenvalue weighted by molar-refractivity contribution is 0.0702. The van der Waals surface area contributed by atoms with Crippen LogP contribution >= 0.6 is 11.3 Å². The van der Waals surface area contributed by atoms with Crippen molar-refractivity contribution in [1.29, 1.82) is 0 Å². The Morgan fingerprint density at radius 3 is 2.65 bits per heavy atom. The largest absolute Gasteiger partial charge is 0.477 e. The molecule has 1 aliphatic heterocycles. The molecule has 1 atom stereocenters. The highest BCUT2D eigenvalue weighted by Gasteiger charge is 2.28. The molecule has 23 heavy (non-hydrogen) atoms. The topological polar surface area (TPSA) is 104 Å². The molecule has 9 heteroatoms. The zero-order valence-electron chi connectivity index (χ0n) is 12.8. The highest BCUT2D eigenvalue weighted by Crippen LogP contribution is 2.22. The van der Waals surface area contributed by atoms with Gasteiger partial charge in [-0.15, -0.1) is 11.3 Å². The van der Waals surface area contributed by atoms with Crippen molar-refractivity contribution in [2.24, 2.45) is 0 Å². The first-order chi connectivity index (χ1) is 10.8. The van der Waals surface area contributed by atoms with Crippen LogP contribution in [0.3, 0.4) is 0 Å². The standard InChI is InChI=1S/C14H20N2O5S2/c1-23(20,21)16-9-3-2-4-10(16)7-8-15-13(17)11-5-6-12(22-11)14(18)19/h5-6,10H,2-4,7-9H2,1H3,(H,15,17)(H,18,19)/t10-/m1/s1. The van der Waals surface area contributed by atoms with E-state index >= 15 is 0 Å². The number of carboxylic acid groups (broad SMARTS) is 1. The predicted octanol–water partition coefficient (Wildman–Crippen LogP) is 1.38. The van der Waals surface area contributed by atoms with Crippen molar-refractivity contribution in [1.82, 2.24) is 9.62 Å². The molecule has 2 heterocycles. The smallest absolute Gasteiger partial charge is 0.345 e. The quantitative estimate of drug-likeness (QED) is 0.798. The average Bonchev–Trinajstić information content (AvgIpc) is 2.96. The molecular weight excluding hydrogens is 340 g/mol. The first-order valence-corrected chi connectivity index (χ1v) is 10.0. The van der Waals surface area contributed by atoms with Gasteiger partial charge in [-0.2, -0.15) is 4.31 Å². The molecule has 0 saturated carbocycles. The number of amides is 1. The molecule has 1 fully saturated rings. The van der Waals surface area contributed by atoms with Gasteiger partial charge in [-0.25, -0.2) is 13.2 Å². The maximum Gasteiger partial charge on any atom is 0.345 e. The number of aromatic carboxylic acids is 1. The number of thiophene rings is 1. The molecule has 1 amide bonds. The number of nitrogens with one attached hydrogen (secondary N) is 1. The molecule has 1 aromatic rings. The molecular formula is C14H20N2O5S2. The fourth-order valence-corrected chi connectivity index (χ4v) is 4.69. The normalized spacial score (nSPS) is 19.4. The van der Waals surface area contributed by atoms with Crippen LogP contribution in [0.15, 0.2) is 12.1 Å². The van der Waals surface area contributed by atoms with Crippen LogP contribution in [0.5, 0.6) is 0 Å². The Hall–Kier alpha value is -1.45. The Bertz CT molecular complexity index is 683. The summed E-state index contributed by atoms with van der Waals surface area (Å²) in [6.45, 7) is 0.889. The van der Waals surface area contributed by atoms with Crippen molar-refractivity contribution >= 4 is 33.2 Å². The van der Waals surface area contributed by atoms with Crippen molar-refractivity contribution < 1.29 is 23.1 Å². The van der Waals surface area contributed by atoms with Crippen LogP contribution in [0, 0.1) is 0 Å². The summed E-state index contributed by atoms with van der Waals surface area (Å²) in [6, 6.07) is 2.79. The van der Waals surface area contributed by atoms with E-state index in [9.17, 15) is 18.0 Å². The molecule has 0 unspecified atom stereocenters. The summed E-state index contributed by atoms with van der Waals surface area (Å²) < 4.78 is 25.0. The molecule has 0 bridgehead atoms. The van der Waals surface area contributed by atoms with Crippen LogP contribution < -0.4 is 5.32 Å². The van der Waals surface area contributed by atoms with Crippen LogP contribution in [0.4, 0.5) is 0 Å². The van der Waals surface area contributed by atoms with Gasteiger partial charge in [0.05, 0.1) is 11.1 Å². The number of piperidine rings is 1. The summed E-state index contributed by atoms with van der Waals surface area (Å²) >= 11 is 0.922. The molecule has 2 N–H and O–H groups in total. The van der Waals surface area contributed by atoms with Gasteiger partial charge < -0.3 is 10.4 Å². The number of carbonyl (C=O) groups is 2. The average molecular weight is 360 g/mol. The van der Waals surface area contributed by atoms with Gasteiger partial charge in [0.15, 0.2) is 0 Å². The third-order valence-corrected chi connectivity index (χ3v) is 6.21. The van der Waals surface area contributed by atoms with Crippen LogP contribution in [0.1, 0.15) is 45.0 Å². The Morgan fingerprint density at radius 2 is 2.04 bits per heavy atom. The zero-order chi connectivity index (χ0) is 17.0. The maximum atomic E-state index is 12.0. The third-order valence-electron chi connectivity index (χ3n) is 3.80. The Morgan fingerprint density at radius 1 is 1.35 bits per heavy atom. The van der Waals surface area contributed by atoms with E-state index < -0.39 is 16.0 Å². The Labute approximate surface area is 139 Å². The van der Waals surface area contributed by atoms with Gasteiger partial charge in [-0.1, -0.05) is 6.42 Å². The van der Waals surface area contributed by atoms with Gasteiger partial charge in [0, 0.05) is 19.1 Å². The summed E-state index contributed by atoms with van der Waals surface area (Å²) in [5.74, 6) is -1.38. The molecule has 0 aliphatic carbocycles. The van der Waals surface area contributed by atoms with Crippen molar-refractivity contribution in [2.45, 2.75) is 31.7 Å². The monoisotopic (exact) mass is 360 g/mol. The number of hydrogen-bond acceptors (Lipinski definition) is 5. The molecule has 7 nitrogen and oxygen atoms in total. The van der Waals surface area contributed by atoms with E-state index in [4.69, 9.17) is 5.11 Å². The van der Waals surface area contributed by atoms with E-state index in [2.05, 4.69) is 5.32 Å². The first kappa shape index (κ1) is 17.9. The SMILES string of the molecule is CS(=O)(=O)N1CCCC[C@@H]1CCNC(=O)c1ccc(C(=O)O)s1. The van der Waals surface area contributed by atoms with Crippen LogP contribution in [0.25, 0.3) is 0 Å². The summed E-state index contributed by atoms with van der Waals surface area (Å²) in [4.78, 5) is 23.2. The summed E-state index contributed by atoms with van der Waals surface area (Å²) in [7, 11) is -3.23. The number of sulfonamides is 1. The number of carboxylic acids is 1. The molecule has 0 spiro atoms. The van der Waals surface area contributed by atoms with Gasteiger partial charge >= 0.3 is 5.97 Å². The zero-order valence-corrected chi connectivity index (χ0v) is 14.5. The second-order valence-electron chi connectivity index (χ2n) is 5.54. The Kier molecular flexibility index (Phi) is 5.77. The minimum Gasteiger partial charge on any atom is -0.477 e. The molecule has 0 aromatic carbocycles.